The van der Waals surface area contributed by atoms with Crippen molar-refractivity contribution >= 4 is 15.6 Å². The summed E-state index contributed by atoms with van der Waals surface area (Å²) in [7, 11) is -10.8. The molecular formula is C16H26N2O15P2. The average molecular weight is 548 g/mol. The fourth-order valence-electron chi connectivity index (χ4n) is 3.48. The van der Waals surface area contributed by atoms with Crippen molar-refractivity contribution in [1.29, 1.82) is 0 Å². The van der Waals surface area contributed by atoms with E-state index in [1.54, 1.807) is 0 Å². The molecule has 0 spiro atoms. The lowest BCUT2D eigenvalue weighted by Crippen LogP contribution is -2.50. The topological polar surface area (TPSA) is 257 Å². The van der Waals surface area contributed by atoms with Gasteiger partial charge in [0.05, 0.1) is 25.4 Å². The summed E-state index contributed by atoms with van der Waals surface area (Å²) >= 11 is 0. The van der Waals surface area contributed by atoms with Gasteiger partial charge in [0.15, 0.2) is 6.29 Å². The Balaban J connectivity index is 1.59. The summed E-state index contributed by atoms with van der Waals surface area (Å²) in [4.78, 5) is 45.1. The van der Waals surface area contributed by atoms with Gasteiger partial charge in [0, 0.05) is 18.2 Å². The molecule has 3 unspecified atom stereocenters. The Hall–Kier alpha value is -1.30. The summed E-state index contributed by atoms with van der Waals surface area (Å²) in [5.74, 6) is 0. The third-order valence-corrected chi connectivity index (χ3v) is 8.17. The van der Waals surface area contributed by atoms with Gasteiger partial charge in [-0.2, -0.15) is 4.31 Å². The predicted molar refractivity (Wildman–Crippen MR) is 111 cm³/mol. The van der Waals surface area contributed by atoms with Gasteiger partial charge in [-0.3, -0.25) is 23.4 Å². The van der Waals surface area contributed by atoms with Gasteiger partial charge in [-0.1, -0.05) is 0 Å². The third kappa shape index (κ3) is 6.17. The van der Waals surface area contributed by atoms with Crippen molar-refractivity contribution in [2.45, 2.75) is 62.8 Å². The first-order valence-electron chi connectivity index (χ1n) is 10.1. The van der Waals surface area contributed by atoms with E-state index in [4.69, 9.17) is 9.47 Å². The molecule has 3 heterocycles. The first-order valence-corrected chi connectivity index (χ1v) is 13.1. The van der Waals surface area contributed by atoms with E-state index >= 15 is 0 Å². The zero-order valence-corrected chi connectivity index (χ0v) is 20.2. The standard InChI is InChI=1S/C16H26N2O15P2/c1-7-4-18(15(23)17-13(7)22)11-3-9(20)10(31-11)5-29-34(25,26)33-35(27,28)32-14-12(21)16(24,6-19)8(2)30-14/h4,8-12,14,19-21,24H,3,5-6H2,1-2H3,(H,25,26)(H,27,28)(H,17,22,23)/t8-,9-,10+,11+,12-,14?,16+/m0/s1. The summed E-state index contributed by atoms with van der Waals surface area (Å²) < 4.78 is 49.0. The zero-order chi connectivity index (χ0) is 26.3. The summed E-state index contributed by atoms with van der Waals surface area (Å²) in [5, 5.41) is 39.5. The number of aliphatic hydroxyl groups is 4. The summed E-state index contributed by atoms with van der Waals surface area (Å²) in [6.07, 6.45) is -7.82. The van der Waals surface area contributed by atoms with Gasteiger partial charge in [-0.15, -0.1) is 0 Å². The Morgan fingerprint density at radius 2 is 1.89 bits per heavy atom. The van der Waals surface area contributed by atoms with Crippen LogP contribution in [0.2, 0.25) is 0 Å². The largest absolute Gasteiger partial charge is 0.483 e. The molecule has 35 heavy (non-hydrogen) atoms. The molecule has 19 heteroatoms. The Labute approximate surface area is 196 Å². The minimum absolute atomic E-state index is 0.152. The first-order chi connectivity index (χ1) is 16.1. The van der Waals surface area contributed by atoms with Gasteiger partial charge in [0.1, 0.15) is 24.0 Å². The van der Waals surface area contributed by atoms with Crippen LogP contribution in [0.5, 0.6) is 0 Å². The van der Waals surface area contributed by atoms with E-state index < -0.39 is 82.6 Å². The molecule has 9 atom stereocenters. The van der Waals surface area contributed by atoms with Crippen molar-refractivity contribution in [3.05, 3.63) is 32.6 Å². The molecule has 2 aliphatic rings. The van der Waals surface area contributed by atoms with Gasteiger partial charge in [0.25, 0.3) is 5.56 Å². The van der Waals surface area contributed by atoms with Crippen LogP contribution in [-0.4, -0.2) is 89.3 Å². The molecule has 17 nitrogen and oxygen atoms in total. The second kappa shape index (κ2) is 10.2. The number of phosphoric acid groups is 2. The van der Waals surface area contributed by atoms with Gasteiger partial charge < -0.3 is 39.7 Å². The Kier molecular flexibility index (Phi) is 8.26. The van der Waals surface area contributed by atoms with E-state index in [0.717, 1.165) is 4.57 Å². The van der Waals surface area contributed by atoms with Crippen molar-refractivity contribution in [3.8, 4) is 0 Å². The van der Waals surface area contributed by atoms with Crippen LogP contribution >= 0.6 is 15.6 Å². The second-order valence-corrected chi connectivity index (χ2v) is 11.1. The Bertz CT molecular complexity index is 1140. The average Bonchev–Trinajstić information content (AvgIpc) is 3.21. The Morgan fingerprint density at radius 3 is 2.49 bits per heavy atom. The van der Waals surface area contributed by atoms with E-state index in [0.29, 0.717) is 0 Å². The summed E-state index contributed by atoms with van der Waals surface area (Å²) in [6.45, 7) is 0.861. The van der Waals surface area contributed by atoms with Crippen LogP contribution in [0.25, 0.3) is 0 Å². The zero-order valence-electron chi connectivity index (χ0n) is 18.4. The maximum atomic E-state index is 12.2. The fourth-order valence-corrected chi connectivity index (χ4v) is 5.63. The highest BCUT2D eigenvalue weighted by molar-refractivity contribution is 7.61. The van der Waals surface area contributed by atoms with E-state index in [1.807, 2.05) is 0 Å². The molecular weight excluding hydrogens is 522 g/mol. The number of hydrogen-bond acceptors (Lipinski definition) is 13. The molecule has 0 aliphatic carbocycles. The first kappa shape index (κ1) is 28.3. The lowest BCUT2D eigenvalue weighted by atomic mass is 9.95. The summed E-state index contributed by atoms with van der Waals surface area (Å²) in [6, 6.07) is 0. The number of phosphoric ester groups is 2. The number of nitrogens with one attached hydrogen (secondary N) is 1. The predicted octanol–water partition coefficient (Wildman–Crippen LogP) is -2.43. The molecule has 200 valence electrons. The molecule has 0 saturated carbocycles. The number of hydrogen-bond donors (Lipinski definition) is 7. The summed E-state index contributed by atoms with van der Waals surface area (Å²) in [5.41, 5.74) is -3.46. The number of nitrogens with zero attached hydrogens (tertiary/aromatic N) is 1. The van der Waals surface area contributed by atoms with E-state index in [1.165, 1.54) is 20.0 Å². The van der Waals surface area contributed by atoms with Crippen LogP contribution in [0.1, 0.15) is 25.1 Å². The van der Waals surface area contributed by atoms with E-state index in [9.17, 15) is 48.9 Å². The molecule has 3 rings (SSSR count). The molecule has 1 aromatic rings. The van der Waals surface area contributed by atoms with Crippen LogP contribution in [0.4, 0.5) is 0 Å². The number of aryl methyl sites for hydroxylation is 1. The monoisotopic (exact) mass is 548 g/mol. The van der Waals surface area contributed by atoms with Crippen molar-refractivity contribution < 1.29 is 62.2 Å². The van der Waals surface area contributed by atoms with Crippen LogP contribution in [0.15, 0.2) is 15.8 Å². The lowest BCUT2D eigenvalue weighted by Gasteiger charge is -2.26. The number of aromatic nitrogens is 2. The van der Waals surface area contributed by atoms with Gasteiger partial charge >= 0.3 is 21.3 Å². The number of ether oxygens (including phenoxy) is 2. The maximum absolute atomic E-state index is 12.2. The normalized spacial score (nSPS) is 36.7. The molecule has 2 fully saturated rings. The quantitative estimate of drug-likeness (QED) is 0.158. The van der Waals surface area contributed by atoms with Gasteiger partial charge in [-0.05, 0) is 13.8 Å². The maximum Gasteiger partial charge on any atom is 0.483 e. The molecule has 0 radical (unpaired) electrons. The number of rotatable bonds is 9. The minimum Gasteiger partial charge on any atom is -0.393 e. The third-order valence-electron chi connectivity index (χ3n) is 5.57. The Morgan fingerprint density at radius 1 is 1.23 bits per heavy atom. The van der Waals surface area contributed by atoms with E-state index in [-0.39, 0.29) is 12.0 Å². The van der Waals surface area contributed by atoms with Crippen LogP contribution in [0.3, 0.4) is 0 Å². The molecule has 2 aliphatic heterocycles. The van der Waals surface area contributed by atoms with Crippen molar-refractivity contribution in [2.24, 2.45) is 0 Å². The second-order valence-electron chi connectivity index (χ2n) is 8.07. The van der Waals surface area contributed by atoms with Crippen LogP contribution in [-0.2, 0) is 32.0 Å². The molecule has 2 saturated heterocycles. The SMILES string of the molecule is Cc1cn([C@H]2C[C@H](O)[C@@H](COP(=O)(O)OP(=O)(O)OC3O[C@@H](C)[C@](O)(CO)[C@H]3O)O2)c(=O)[nH]c1=O. The number of aromatic amines is 1. The molecule has 1 aromatic heterocycles. The minimum atomic E-state index is -5.45. The van der Waals surface area contributed by atoms with Crippen molar-refractivity contribution in [3.63, 3.8) is 0 Å². The highest BCUT2D eigenvalue weighted by Crippen LogP contribution is 2.61. The number of H-pyrrole nitrogens is 1. The molecule has 7 N–H and O–H groups in total. The smallest absolute Gasteiger partial charge is 0.393 e. The van der Waals surface area contributed by atoms with Crippen molar-refractivity contribution in [2.75, 3.05) is 13.2 Å². The highest BCUT2D eigenvalue weighted by Gasteiger charge is 2.56. The highest BCUT2D eigenvalue weighted by atomic mass is 31.3. The van der Waals surface area contributed by atoms with Gasteiger partial charge in [0.2, 0.25) is 0 Å². The van der Waals surface area contributed by atoms with Crippen LogP contribution < -0.4 is 11.2 Å². The van der Waals surface area contributed by atoms with E-state index in [2.05, 4.69) is 18.3 Å². The van der Waals surface area contributed by atoms with Gasteiger partial charge in [-0.25, -0.2) is 13.9 Å². The fraction of sp³-hybridized carbons (Fsp3) is 0.750. The molecule has 0 aromatic carbocycles. The lowest BCUT2D eigenvalue weighted by molar-refractivity contribution is -0.123. The molecule has 0 amide bonds. The number of aliphatic hydroxyl groups excluding tert-OH is 3. The van der Waals surface area contributed by atoms with Crippen LogP contribution in [0, 0.1) is 6.92 Å². The van der Waals surface area contributed by atoms with Crippen molar-refractivity contribution in [1.82, 2.24) is 9.55 Å². The molecule has 0 bridgehead atoms.